The summed E-state index contributed by atoms with van der Waals surface area (Å²) >= 11 is 0. The van der Waals surface area contributed by atoms with Gasteiger partial charge in [0.2, 0.25) is 0 Å². The summed E-state index contributed by atoms with van der Waals surface area (Å²) in [6, 6.07) is 0. The zero-order valence-electron chi connectivity index (χ0n) is 6.55. The van der Waals surface area contributed by atoms with Gasteiger partial charge in [0.1, 0.15) is 0 Å². The van der Waals surface area contributed by atoms with Gasteiger partial charge in [-0.3, -0.25) is 0 Å². The molecule has 0 spiro atoms. The van der Waals surface area contributed by atoms with E-state index in [9.17, 15) is 0 Å². The monoisotopic (exact) mass is 144 g/mol. The van der Waals surface area contributed by atoms with Crippen molar-refractivity contribution in [1.82, 2.24) is 0 Å². The molecule has 0 radical (unpaired) electrons. The summed E-state index contributed by atoms with van der Waals surface area (Å²) in [5, 5.41) is 8.82. The lowest BCUT2D eigenvalue weighted by Crippen LogP contribution is -2.27. The van der Waals surface area contributed by atoms with E-state index in [-0.39, 0.29) is 6.61 Å². The standard InChI is InChI=1S/C8H16O2/c1-2-7-3-8(4-9)6-10-5-7/h7-9H,2-6H2,1H3/t7?,8-/m1/s1. The van der Waals surface area contributed by atoms with Gasteiger partial charge in [-0.25, -0.2) is 0 Å². The van der Waals surface area contributed by atoms with Crippen LogP contribution in [0.2, 0.25) is 0 Å². The summed E-state index contributed by atoms with van der Waals surface area (Å²) in [5.41, 5.74) is 0. The summed E-state index contributed by atoms with van der Waals surface area (Å²) in [6.07, 6.45) is 2.32. The largest absolute Gasteiger partial charge is 0.396 e. The third kappa shape index (κ3) is 1.96. The van der Waals surface area contributed by atoms with Crippen LogP contribution in [0.3, 0.4) is 0 Å². The molecule has 0 aromatic rings. The third-order valence-corrected chi connectivity index (χ3v) is 2.21. The highest BCUT2D eigenvalue weighted by Crippen LogP contribution is 2.21. The third-order valence-electron chi connectivity index (χ3n) is 2.21. The van der Waals surface area contributed by atoms with Crippen LogP contribution in [0.1, 0.15) is 19.8 Å². The molecule has 0 aromatic carbocycles. The van der Waals surface area contributed by atoms with Crippen molar-refractivity contribution in [3.05, 3.63) is 0 Å². The molecule has 1 aliphatic heterocycles. The SMILES string of the molecule is CCC1COC[C@@H](CO)C1. The average molecular weight is 144 g/mol. The first-order valence-corrected chi connectivity index (χ1v) is 4.05. The normalized spacial score (nSPS) is 34.2. The molecule has 1 heterocycles. The first-order valence-electron chi connectivity index (χ1n) is 4.05. The molecule has 2 heteroatoms. The van der Waals surface area contributed by atoms with E-state index in [2.05, 4.69) is 6.92 Å². The molecule has 2 atom stereocenters. The summed E-state index contributed by atoms with van der Waals surface area (Å²) in [6.45, 7) is 4.12. The van der Waals surface area contributed by atoms with E-state index in [4.69, 9.17) is 9.84 Å². The van der Waals surface area contributed by atoms with Gasteiger partial charge in [-0.1, -0.05) is 13.3 Å². The highest BCUT2D eigenvalue weighted by atomic mass is 16.5. The van der Waals surface area contributed by atoms with Crippen LogP contribution in [0.4, 0.5) is 0 Å². The van der Waals surface area contributed by atoms with Crippen molar-refractivity contribution in [1.29, 1.82) is 0 Å². The molecule has 1 saturated heterocycles. The average Bonchev–Trinajstić information content (AvgIpc) is 2.05. The van der Waals surface area contributed by atoms with Crippen LogP contribution < -0.4 is 0 Å². The first-order chi connectivity index (χ1) is 4.86. The van der Waals surface area contributed by atoms with Crippen molar-refractivity contribution in [3.8, 4) is 0 Å². The Morgan fingerprint density at radius 1 is 1.40 bits per heavy atom. The number of rotatable bonds is 2. The number of hydrogen-bond acceptors (Lipinski definition) is 2. The molecule has 1 fully saturated rings. The van der Waals surface area contributed by atoms with Gasteiger partial charge < -0.3 is 9.84 Å². The topological polar surface area (TPSA) is 29.5 Å². The predicted octanol–water partition coefficient (Wildman–Crippen LogP) is 1.04. The van der Waals surface area contributed by atoms with Gasteiger partial charge in [-0.05, 0) is 12.3 Å². The van der Waals surface area contributed by atoms with Gasteiger partial charge in [-0.2, -0.15) is 0 Å². The molecule has 60 valence electrons. The smallest absolute Gasteiger partial charge is 0.0516 e. The highest BCUT2D eigenvalue weighted by molar-refractivity contribution is 4.68. The van der Waals surface area contributed by atoms with Gasteiger partial charge in [0, 0.05) is 19.1 Å². The minimum absolute atomic E-state index is 0.288. The number of aliphatic hydroxyl groups is 1. The van der Waals surface area contributed by atoms with Crippen molar-refractivity contribution >= 4 is 0 Å². The van der Waals surface area contributed by atoms with Crippen LogP contribution in [0, 0.1) is 11.8 Å². The van der Waals surface area contributed by atoms with E-state index in [0.717, 1.165) is 19.6 Å². The lowest BCUT2D eigenvalue weighted by molar-refractivity contribution is -0.00534. The molecular formula is C8H16O2. The zero-order valence-corrected chi connectivity index (χ0v) is 6.55. The molecule has 2 nitrogen and oxygen atoms in total. The molecule has 1 N–H and O–H groups in total. The Morgan fingerprint density at radius 3 is 2.70 bits per heavy atom. The van der Waals surface area contributed by atoms with Crippen LogP contribution in [-0.2, 0) is 4.74 Å². The minimum Gasteiger partial charge on any atom is -0.396 e. The predicted molar refractivity (Wildman–Crippen MR) is 39.8 cm³/mol. The summed E-state index contributed by atoms with van der Waals surface area (Å²) in [4.78, 5) is 0. The van der Waals surface area contributed by atoms with Gasteiger partial charge in [0.05, 0.1) is 6.61 Å². The lowest BCUT2D eigenvalue weighted by Gasteiger charge is -2.26. The Morgan fingerprint density at radius 2 is 2.10 bits per heavy atom. The summed E-state index contributed by atoms with van der Waals surface area (Å²) < 4.78 is 5.32. The van der Waals surface area contributed by atoms with Gasteiger partial charge in [0.15, 0.2) is 0 Å². The fourth-order valence-corrected chi connectivity index (χ4v) is 1.42. The summed E-state index contributed by atoms with van der Waals surface area (Å²) in [7, 11) is 0. The Labute approximate surface area is 62.2 Å². The van der Waals surface area contributed by atoms with E-state index in [1.807, 2.05) is 0 Å². The van der Waals surface area contributed by atoms with Crippen LogP contribution in [0.15, 0.2) is 0 Å². The maximum absolute atomic E-state index is 8.82. The molecule has 1 rings (SSSR count). The zero-order chi connectivity index (χ0) is 7.40. The van der Waals surface area contributed by atoms with E-state index >= 15 is 0 Å². The maximum atomic E-state index is 8.82. The lowest BCUT2D eigenvalue weighted by atomic mass is 9.92. The fourth-order valence-electron chi connectivity index (χ4n) is 1.42. The fraction of sp³-hybridized carbons (Fsp3) is 1.00. The molecule has 10 heavy (non-hydrogen) atoms. The molecule has 0 saturated carbocycles. The Kier molecular flexibility index (Phi) is 3.16. The molecule has 0 aromatic heterocycles. The van der Waals surface area contributed by atoms with Crippen molar-refractivity contribution in [2.24, 2.45) is 11.8 Å². The number of hydrogen-bond donors (Lipinski definition) is 1. The number of ether oxygens (including phenoxy) is 1. The van der Waals surface area contributed by atoms with Crippen LogP contribution in [0.5, 0.6) is 0 Å². The molecule has 0 bridgehead atoms. The van der Waals surface area contributed by atoms with Crippen LogP contribution >= 0.6 is 0 Å². The van der Waals surface area contributed by atoms with Gasteiger partial charge in [0.25, 0.3) is 0 Å². The maximum Gasteiger partial charge on any atom is 0.0516 e. The Hall–Kier alpha value is -0.0800. The second kappa shape index (κ2) is 3.94. The van der Waals surface area contributed by atoms with Crippen molar-refractivity contribution in [2.45, 2.75) is 19.8 Å². The first kappa shape index (κ1) is 8.02. The van der Waals surface area contributed by atoms with Crippen molar-refractivity contribution in [3.63, 3.8) is 0 Å². The highest BCUT2D eigenvalue weighted by Gasteiger charge is 2.19. The molecule has 0 aliphatic carbocycles. The van der Waals surface area contributed by atoms with Crippen LogP contribution in [-0.4, -0.2) is 24.9 Å². The molecular weight excluding hydrogens is 128 g/mol. The van der Waals surface area contributed by atoms with Gasteiger partial charge >= 0.3 is 0 Å². The van der Waals surface area contributed by atoms with Crippen LogP contribution in [0.25, 0.3) is 0 Å². The van der Waals surface area contributed by atoms with E-state index in [0.29, 0.717) is 11.8 Å². The molecule has 0 amide bonds. The quantitative estimate of drug-likeness (QED) is 0.627. The van der Waals surface area contributed by atoms with Crippen molar-refractivity contribution < 1.29 is 9.84 Å². The Bertz CT molecular complexity index is 83.3. The molecule has 1 aliphatic rings. The second-order valence-corrected chi connectivity index (χ2v) is 3.10. The van der Waals surface area contributed by atoms with Gasteiger partial charge in [-0.15, -0.1) is 0 Å². The van der Waals surface area contributed by atoms with E-state index < -0.39 is 0 Å². The van der Waals surface area contributed by atoms with E-state index in [1.165, 1.54) is 6.42 Å². The second-order valence-electron chi connectivity index (χ2n) is 3.10. The minimum atomic E-state index is 0.288. The number of aliphatic hydroxyl groups excluding tert-OH is 1. The summed E-state index contributed by atoms with van der Waals surface area (Å²) in [5.74, 6) is 1.09. The Balaban J connectivity index is 2.25. The van der Waals surface area contributed by atoms with Crippen molar-refractivity contribution in [2.75, 3.05) is 19.8 Å². The van der Waals surface area contributed by atoms with E-state index in [1.54, 1.807) is 0 Å². The molecule has 1 unspecified atom stereocenters.